The van der Waals surface area contributed by atoms with Crippen molar-refractivity contribution in [3.05, 3.63) is 54.2 Å². The van der Waals surface area contributed by atoms with Crippen LogP contribution in [0, 0.1) is 0 Å². The zero-order valence-corrected chi connectivity index (χ0v) is 9.13. The van der Waals surface area contributed by atoms with Gasteiger partial charge in [-0.25, -0.2) is 4.99 Å². The molecule has 0 spiro atoms. The summed E-state index contributed by atoms with van der Waals surface area (Å²) in [5.41, 5.74) is 0.459. The number of carbonyl (C=O) groups excluding carboxylic acids is 1. The van der Waals surface area contributed by atoms with E-state index >= 15 is 0 Å². The van der Waals surface area contributed by atoms with Crippen LogP contribution in [0.15, 0.2) is 52.3 Å². The summed E-state index contributed by atoms with van der Waals surface area (Å²) in [6.45, 7) is 0. The molecule has 0 unspecified atom stereocenters. The Hall–Kier alpha value is -1.74. The molecule has 1 amide bonds. The molecule has 0 aliphatic heterocycles. The maximum Gasteiger partial charge on any atom is 2.00 e. The van der Waals surface area contributed by atoms with Crippen LogP contribution in [-0.2, 0) is 16.5 Å². The van der Waals surface area contributed by atoms with Crippen LogP contribution < -0.4 is 0 Å². The molecule has 2 heterocycles. The molecule has 2 aromatic rings. The quantitative estimate of drug-likeness (QED) is 0.611. The van der Waals surface area contributed by atoms with Crippen molar-refractivity contribution in [3.63, 3.8) is 0 Å². The number of nitrogens with zero attached hydrogens (tertiary/aromatic N) is 2. The van der Waals surface area contributed by atoms with Crippen molar-refractivity contribution in [1.29, 1.82) is 0 Å². The van der Waals surface area contributed by atoms with Crippen LogP contribution in [0.1, 0.15) is 16.1 Å². The van der Waals surface area contributed by atoms with Crippen molar-refractivity contribution >= 4 is 12.1 Å². The summed E-state index contributed by atoms with van der Waals surface area (Å²) in [6, 6.07) is 6.81. The summed E-state index contributed by atoms with van der Waals surface area (Å²) in [5.74, 6) is 0.215. The Morgan fingerprint density at radius 3 is 2.88 bits per heavy atom. The van der Waals surface area contributed by atoms with Gasteiger partial charge in [-0.05, 0) is 24.3 Å². The third-order valence-corrected chi connectivity index (χ3v) is 1.76. The molecule has 0 aromatic carbocycles. The fraction of sp³-hybridized carbons (Fsp3) is 0. The molecular formula is C11H8N2NiO2+2. The Bertz CT molecular complexity index is 466. The van der Waals surface area contributed by atoms with E-state index < -0.39 is 0 Å². The van der Waals surface area contributed by atoms with Crippen molar-refractivity contribution < 1.29 is 25.7 Å². The molecule has 0 aliphatic carbocycles. The first-order valence-electron chi connectivity index (χ1n) is 4.38. The number of aromatic nitrogens is 1. The maximum absolute atomic E-state index is 11.5. The van der Waals surface area contributed by atoms with E-state index in [9.17, 15) is 4.79 Å². The summed E-state index contributed by atoms with van der Waals surface area (Å²) >= 11 is 0. The van der Waals surface area contributed by atoms with E-state index in [0.717, 1.165) is 0 Å². The van der Waals surface area contributed by atoms with Gasteiger partial charge in [0.1, 0.15) is 5.76 Å². The Morgan fingerprint density at radius 2 is 2.25 bits per heavy atom. The summed E-state index contributed by atoms with van der Waals surface area (Å²) in [6.07, 6.45) is 5.99. The topological polar surface area (TPSA) is 55.5 Å². The SMILES string of the molecule is O=C(N=Cc1ccco1)c1cccnc1.[Ni+2]. The predicted molar refractivity (Wildman–Crippen MR) is 54.9 cm³/mol. The van der Waals surface area contributed by atoms with Gasteiger partial charge in [-0.2, -0.15) is 0 Å². The fourth-order valence-corrected chi connectivity index (χ4v) is 1.05. The zero-order valence-electron chi connectivity index (χ0n) is 8.15. The summed E-state index contributed by atoms with van der Waals surface area (Å²) in [5, 5.41) is 0. The van der Waals surface area contributed by atoms with Crippen LogP contribution in [0.5, 0.6) is 0 Å². The largest absolute Gasteiger partial charge is 2.00 e. The Balaban J connectivity index is 0.00000128. The fourth-order valence-electron chi connectivity index (χ4n) is 1.05. The van der Waals surface area contributed by atoms with Crippen LogP contribution in [0.25, 0.3) is 0 Å². The minimum absolute atomic E-state index is 0. The first-order valence-corrected chi connectivity index (χ1v) is 4.38. The van der Waals surface area contributed by atoms with Gasteiger partial charge < -0.3 is 4.42 Å². The van der Waals surface area contributed by atoms with E-state index in [2.05, 4.69) is 9.98 Å². The molecular weight excluding hydrogens is 251 g/mol. The monoisotopic (exact) mass is 258 g/mol. The normalized spacial score (nSPS) is 10.0. The van der Waals surface area contributed by atoms with Gasteiger partial charge >= 0.3 is 16.5 Å². The Kier molecular flexibility index (Phi) is 4.61. The molecule has 0 fully saturated rings. The molecule has 0 saturated carbocycles. The molecule has 16 heavy (non-hydrogen) atoms. The van der Waals surface area contributed by atoms with Crippen molar-refractivity contribution in [3.8, 4) is 0 Å². The second-order valence-electron chi connectivity index (χ2n) is 2.82. The maximum atomic E-state index is 11.5. The van der Waals surface area contributed by atoms with Crippen molar-refractivity contribution in [2.75, 3.05) is 0 Å². The average Bonchev–Trinajstić information content (AvgIpc) is 2.80. The van der Waals surface area contributed by atoms with Crippen molar-refractivity contribution in [2.24, 2.45) is 4.99 Å². The molecule has 0 saturated heterocycles. The van der Waals surface area contributed by atoms with Gasteiger partial charge in [0, 0.05) is 12.4 Å². The number of pyridine rings is 1. The van der Waals surface area contributed by atoms with Gasteiger partial charge in [0.2, 0.25) is 0 Å². The van der Waals surface area contributed by atoms with Crippen LogP contribution >= 0.6 is 0 Å². The summed E-state index contributed by atoms with van der Waals surface area (Å²) in [4.78, 5) is 19.0. The molecule has 0 N–H and O–H groups in total. The van der Waals surface area contributed by atoms with E-state index in [4.69, 9.17) is 4.42 Å². The first kappa shape index (κ1) is 12.3. The Morgan fingerprint density at radius 1 is 1.38 bits per heavy atom. The third kappa shape index (κ3) is 3.14. The molecule has 0 bridgehead atoms. The van der Waals surface area contributed by atoms with Gasteiger partial charge in [-0.3, -0.25) is 9.78 Å². The van der Waals surface area contributed by atoms with Gasteiger partial charge in [0.05, 0.1) is 18.0 Å². The van der Waals surface area contributed by atoms with E-state index in [1.54, 1.807) is 30.5 Å². The molecule has 0 aliphatic rings. The molecule has 0 radical (unpaired) electrons. The summed E-state index contributed by atoms with van der Waals surface area (Å²) < 4.78 is 5.00. The van der Waals surface area contributed by atoms with Crippen LogP contribution in [-0.4, -0.2) is 17.1 Å². The van der Waals surface area contributed by atoms with Crippen molar-refractivity contribution in [1.82, 2.24) is 4.98 Å². The van der Waals surface area contributed by atoms with E-state index in [0.29, 0.717) is 11.3 Å². The van der Waals surface area contributed by atoms with Gasteiger partial charge in [-0.15, -0.1) is 0 Å². The third-order valence-electron chi connectivity index (χ3n) is 1.76. The van der Waals surface area contributed by atoms with E-state index in [1.165, 1.54) is 18.7 Å². The number of hydrogen-bond acceptors (Lipinski definition) is 3. The zero-order chi connectivity index (χ0) is 10.5. The van der Waals surface area contributed by atoms with Gasteiger partial charge in [0.25, 0.3) is 5.91 Å². The number of hydrogen-bond donors (Lipinski definition) is 0. The molecule has 0 atom stereocenters. The van der Waals surface area contributed by atoms with E-state index in [-0.39, 0.29) is 22.4 Å². The smallest absolute Gasteiger partial charge is 0.463 e. The molecule has 82 valence electrons. The average molecular weight is 259 g/mol. The van der Waals surface area contributed by atoms with Crippen molar-refractivity contribution in [2.45, 2.75) is 0 Å². The Labute approximate surface area is 102 Å². The van der Waals surface area contributed by atoms with Crippen LogP contribution in [0.3, 0.4) is 0 Å². The second kappa shape index (κ2) is 5.98. The minimum atomic E-state index is -0.334. The standard InChI is InChI=1S/C11H8N2O2.Ni/c14-11(9-3-1-5-12-7-9)13-8-10-4-2-6-15-10;/h1-8H;/q;+2. The number of furan rings is 1. The number of carbonyl (C=O) groups is 1. The summed E-state index contributed by atoms with van der Waals surface area (Å²) in [7, 11) is 0. The van der Waals surface area contributed by atoms with Crippen LogP contribution in [0.2, 0.25) is 0 Å². The van der Waals surface area contributed by atoms with Crippen LogP contribution in [0.4, 0.5) is 0 Å². The van der Waals surface area contributed by atoms with Gasteiger partial charge in [-0.1, -0.05) is 0 Å². The molecule has 5 heteroatoms. The number of rotatable bonds is 2. The first-order chi connectivity index (χ1) is 7.36. The number of amides is 1. The molecule has 2 aromatic heterocycles. The second-order valence-corrected chi connectivity index (χ2v) is 2.82. The van der Waals surface area contributed by atoms with E-state index in [1.807, 2.05) is 0 Å². The molecule has 2 rings (SSSR count). The number of aliphatic imine (C=N–C) groups is 1. The molecule has 4 nitrogen and oxygen atoms in total. The van der Waals surface area contributed by atoms with Gasteiger partial charge in [0.15, 0.2) is 0 Å². The predicted octanol–water partition coefficient (Wildman–Crippen LogP) is 1.93. The minimum Gasteiger partial charge on any atom is -0.463 e.